The fourth-order valence-corrected chi connectivity index (χ4v) is 4.77. The Bertz CT molecular complexity index is 1220. The summed E-state index contributed by atoms with van der Waals surface area (Å²) in [7, 11) is 0. The van der Waals surface area contributed by atoms with Gasteiger partial charge in [-0.05, 0) is 57.1 Å². The van der Waals surface area contributed by atoms with Crippen molar-refractivity contribution in [3.05, 3.63) is 71.9 Å². The molecule has 0 saturated carbocycles. The number of aliphatic hydroxyl groups excluding tert-OH is 1. The molecule has 1 aromatic heterocycles. The number of carbonyl (C=O) groups excluding carboxylic acids is 1. The van der Waals surface area contributed by atoms with Gasteiger partial charge in [0.15, 0.2) is 0 Å². The number of hydrogen-bond acceptors (Lipinski definition) is 4. The Morgan fingerprint density at radius 2 is 1.67 bits per heavy atom. The van der Waals surface area contributed by atoms with E-state index in [1.54, 1.807) is 0 Å². The molecule has 0 fully saturated rings. The van der Waals surface area contributed by atoms with Gasteiger partial charge in [0.2, 0.25) is 0 Å². The van der Waals surface area contributed by atoms with Crippen LogP contribution in [0.3, 0.4) is 0 Å². The highest BCUT2D eigenvalue weighted by molar-refractivity contribution is 6.32. The van der Waals surface area contributed by atoms with Crippen molar-refractivity contribution < 1.29 is 9.90 Å². The zero-order chi connectivity index (χ0) is 25.5. The van der Waals surface area contributed by atoms with E-state index < -0.39 is 6.10 Å². The molecule has 6 heteroatoms. The molecule has 2 aromatic carbocycles. The van der Waals surface area contributed by atoms with E-state index in [9.17, 15) is 9.90 Å². The van der Waals surface area contributed by atoms with Gasteiger partial charge in [0.05, 0.1) is 23.1 Å². The number of unbranched alkanes of at least 4 members (excludes halogenated alkanes) is 2. The van der Waals surface area contributed by atoms with E-state index in [1.165, 1.54) is 5.01 Å². The largest absolute Gasteiger partial charge is 0.390 e. The minimum atomic E-state index is -0.472. The van der Waals surface area contributed by atoms with Gasteiger partial charge in [-0.25, -0.2) is 0 Å². The number of benzene rings is 2. The first kappa shape index (κ1) is 25.9. The molecule has 0 unspecified atom stereocenters. The fourth-order valence-electron chi connectivity index (χ4n) is 4.77. The SMILES string of the molecule is CCCCN(CCCC)C[C@@H](O)Cn1cc(/C=C2/C(=O)N(c3ccccc3)N=C2C)c2ccccc21. The van der Waals surface area contributed by atoms with Gasteiger partial charge in [0.1, 0.15) is 0 Å². The average Bonchev–Trinajstić information content (AvgIpc) is 3.38. The predicted molar refractivity (Wildman–Crippen MR) is 149 cm³/mol. The molecule has 6 nitrogen and oxygen atoms in total. The van der Waals surface area contributed by atoms with Gasteiger partial charge in [-0.1, -0.05) is 63.1 Å². The van der Waals surface area contributed by atoms with E-state index in [4.69, 9.17) is 0 Å². The van der Waals surface area contributed by atoms with Crippen molar-refractivity contribution in [3.8, 4) is 0 Å². The van der Waals surface area contributed by atoms with E-state index in [0.717, 1.165) is 60.9 Å². The van der Waals surface area contributed by atoms with E-state index in [2.05, 4.69) is 46.7 Å². The number of para-hydroxylation sites is 2. The zero-order valence-corrected chi connectivity index (χ0v) is 21.7. The maximum Gasteiger partial charge on any atom is 0.280 e. The zero-order valence-electron chi connectivity index (χ0n) is 21.7. The normalized spacial score (nSPS) is 15.9. The Morgan fingerprint density at radius 1 is 1.00 bits per heavy atom. The molecule has 4 rings (SSSR count). The fraction of sp³-hybridized carbons (Fsp3) is 0.400. The minimum absolute atomic E-state index is 0.127. The van der Waals surface area contributed by atoms with Crippen LogP contribution >= 0.6 is 0 Å². The number of amides is 1. The monoisotopic (exact) mass is 486 g/mol. The van der Waals surface area contributed by atoms with Gasteiger partial charge >= 0.3 is 0 Å². The Kier molecular flexibility index (Phi) is 8.73. The van der Waals surface area contributed by atoms with Gasteiger partial charge in [-0.15, -0.1) is 0 Å². The molecule has 0 radical (unpaired) electrons. The van der Waals surface area contributed by atoms with Crippen LogP contribution in [0.4, 0.5) is 5.69 Å². The highest BCUT2D eigenvalue weighted by atomic mass is 16.3. The minimum Gasteiger partial charge on any atom is -0.390 e. The Morgan fingerprint density at radius 3 is 2.36 bits per heavy atom. The summed E-state index contributed by atoms with van der Waals surface area (Å²) >= 11 is 0. The Balaban J connectivity index is 1.57. The van der Waals surface area contributed by atoms with Crippen LogP contribution in [-0.2, 0) is 11.3 Å². The standard InChI is InChI=1S/C30H38N4O2/c1-4-6-17-32(18-7-5-2)21-26(35)22-33-20-24(27-15-11-12-16-29(27)33)19-28-23(3)31-34(30(28)36)25-13-9-8-10-14-25/h8-16,19-20,26,35H,4-7,17-18,21-22H2,1-3H3/b28-19+/t26-/m1/s1. The van der Waals surface area contributed by atoms with Crippen molar-refractivity contribution in [1.29, 1.82) is 0 Å². The number of anilines is 1. The molecule has 1 aliphatic rings. The molecular weight excluding hydrogens is 448 g/mol. The quantitative estimate of drug-likeness (QED) is 0.334. The molecule has 0 bridgehead atoms. The van der Waals surface area contributed by atoms with Crippen molar-refractivity contribution in [1.82, 2.24) is 9.47 Å². The molecular formula is C30H38N4O2. The van der Waals surface area contributed by atoms with Gasteiger partial charge in [0, 0.05) is 35.8 Å². The van der Waals surface area contributed by atoms with E-state index >= 15 is 0 Å². The third-order valence-corrected chi connectivity index (χ3v) is 6.71. The summed E-state index contributed by atoms with van der Waals surface area (Å²) in [5, 5.41) is 18.0. The smallest absolute Gasteiger partial charge is 0.280 e. The van der Waals surface area contributed by atoms with Crippen molar-refractivity contribution in [2.45, 2.75) is 59.1 Å². The molecule has 1 atom stereocenters. The number of fused-ring (bicyclic) bond motifs is 1. The van der Waals surface area contributed by atoms with Crippen LogP contribution in [0.2, 0.25) is 0 Å². The van der Waals surface area contributed by atoms with Crippen LogP contribution in [0, 0.1) is 0 Å². The third-order valence-electron chi connectivity index (χ3n) is 6.71. The highest BCUT2D eigenvalue weighted by Crippen LogP contribution is 2.28. The van der Waals surface area contributed by atoms with Gasteiger partial charge < -0.3 is 14.6 Å². The average molecular weight is 487 g/mol. The summed E-state index contributed by atoms with van der Waals surface area (Å²) in [5.41, 5.74) is 4.05. The molecule has 1 aliphatic heterocycles. The third kappa shape index (κ3) is 5.94. The summed E-state index contributed by atoms with van der Waals surface area (Å²) in [6, 6.07) is 17.7. The lowest BCUT2D eigenvalue weighted by molar-refractivity contribution is -0.114. The van der Waals surface area contributed by atoms with E-state index in [1.807, 2.05) is 55.5 Å². The van der Waals surface area contributed by atoms with Crippen LogP contribution < -0.4 is 5.01 Å². The first-order chi connectivity index (χ1) is 17.5. The molecule has 3 aromatic rings. The highest BCUT2D eigenvalue weighted by Gasteiger charge is 2.29. The number of hydrogen-bond donors (Lipinski definition) is 1. The first-order valence-electron chi connectivity index (χ1n) is 13.2. The molecule has 2 heterocycles. The van der Waals surface area contributed by atoms with Crippen molar-refractivity contribution >= 4 is 34.3 Å². The van der Waals surface area contributed by atoms with Crippen molar-refractivity contribution in [2.24, 2.45) is 5.10 Å². The summed E-state index contributed by atoms with van der Waals surface area (Å²) in [6.45, 7) is 9.51. The van der Waals surface area contributed by atoms with Gasteiger partial charge in [-0.3, -0.25) is 4.79 Å². The van der Waals surface area contributed by atoms with Crippen LogP contribution in [0.25, 0.3) is 17.0 Å². The summed E-state index contributed by atoms with van der Waals surface area (Å²) in [4.78, 5) is 15.6. The predicted octanol–water partition coefficient (Wildman–Crippen LogP) is 5.71. The Labute approximate surface area is 214 Å². The van der Waals surface area contributed by atoms with Crippen LogP contribution in [0.15, 0.2) is 71.5 Å². The topological polar surface area (TPSA) is 61.1 Å². The lowest BCUT2D eigenvalue weighted by Crippen LogP contribution is -2.36. The van der Waals surface area contributed by atoms with Crippen molar-refractivity contribution in [3.63, 3.8) is 0 Å². The van der Waals surface area contributed by atoms with Crippen molar-refractivity contribution in [2.75, 3.05) is 24.6 Å². The lowest BCUT2D eigenvalue weighted by atomic mass is 10.1. The number of nitrogens with zero attached hydrogens (tertiary/aromatic N) is 4. The molecule has 0 saturated heterocycles. The maximum absolute atomic E-state index is 13.2. The van der Waals surface area contributed by atoms with Gasteiger partial charge in [0.25, 0.3) is 5.91 Å². The summed E-state index contributed by atoms with van der Waals surface area (Å²) in [5.74, 6) is -0.127. The second-order valence-corrected chi connectivity index (χ2v) is 9.61. The van der Waals surface area contributed by atoms with Gasteiger partial charge in [-0.2, -0.15) is 10.1 Å². The molecule has 1 amide bonds. The number of hydrazone groups is 1. The second kappa shape index (κ2) is 12.2. The summed E-state index contributed by atoms with van der Waals surface area (Å²) in [6.07, 6.45) is 8.12. The molecule has 0 aliphatic carbocycles. The number of rotatable bonds is 12. The van der Waals surface area contributed by atoms with Crippen LogP contribution in [0.1, 0.15) is 52.0 Å². The number of aliphatic hydroxyl groups is 1. The Hall–Kier alpha value is -3.22. The molecule has 36 heavy (non-hydrogen) atoms. The van der Waals surface area contributed by atoms with Crippen LogP contribution in [-0.4, -0.2) is 51.9 Å². The first-order valence-corrected chi connectivity index (χ1v) is 13.2. The summed E-state index contributed by atoms with van der Waals surface area (Å²) < 4.78 is 2.12. The van der Waals surface area contributed by atoms with E-state index in [-0.39, 0.29) is 5.91 Å². The second-order valence-electron chi connectivity index (χ2n) is 9.61. The molecule has 190 valence electrons. The van der Waals surface area contributed by atoms with Crippen LogP contribution in [0.5, 0.6) is 0 Å². The number of aromatic nitrogens is 1. The molecule has 0 spiro atoms. The molecule has 1 N–H and O–H groups in total. The van der Waals surface area contributed by atoms with E-state index in [0.29, 0.717) is 24.4 Å². The number of carbonyl (C=O) groups is 1. The lowest BCUT2D eigenvalue weighted by Gasteiger charge is -2.25. The maximum atomic E-state index is 13.2.